The van der Waals surface area contributed by atoms with Gasteiger partial charge in [-0.3, -0.25) is 33.9 Å². The number of aldehydes is 1. The van der Waals surface area contributed by atoms with Gasteiger partial charge in [-0.05, 0) is 0 Å². The third kappa shape index (κ3) is 12.8. The summed E-state index contributed by atoms with van der Waals surface area (Å²) in [5, 5.41) is 26.4. The van der Waals surface area contributed by atoms with Gasteiger partial charge < -0.3 is 24.9 Å². The molecule has 0 aliphatic rings. The molecule has 0 radical (unpaired) electrons. The van der Waals surface area contributed by atoms with Gasteiger partial charge in [0, 0.05) is 26.2 Å². The molecule has 0 saturated carbocycles. The summed E-state index contributed by atoms with van der Waals surface area (Å²) in [5.41, 5.74) is 0. The van der Waals surface area contributed by atoms with Gasteiger partial charge in [0.05, 0.1) is 26.2 Å². The van der Waals surface area contributed by atoms with Crippen molar-refractivity contribution >= 4 is 30.7 Å². The lowest BCUT2D eigenvalue weighted by Crippen LogP contribution is -2.44. The Hall–Kier alpha value is -2.57. The summed E-state index contributed by atoms with van der Waals surface area (Å²) in [6.45, 7) is -0.614. The van der Waals surface area contributed by atoms with Gasteiger partial charge >= 0.3 is 17.9 Å². The summed E-state index contributed by atoms with van der Waals surface area (Å²) in [6.07, 6.45) is 0.566. The molecular weight excluding hydrogens is 354 g/mol. The molecule has 0 saturated heterocycles. The Morgan fingerprint density at radius 1 is 0.731 bits per heavy atom. The molecule has 0 heterocycles. The smallest absolute Gasteiger partial charge is 0.317 e. The Kier molecular flexibility index (Phi) is 12.3. The van der Waals surface area contributed by atoms with Crippen LogP contribution in [0.4, 0.5) is 0 Å². The maximum absolute atomic E-state index is 10.8. The molecular formula is C14H23N3O9. The quantitative estimate of drug-likeness (QED) is 0.180. The zero-order chi connectivity index (χ0) is 19.9. The van der Waals surface area contributed by atoms with Crippen molar-refractivity contribution in [1.29, 1.82) is 0 Å². The fourth-order valence-corrected chi connectivity index (χ4v) is 2.07. The number of ether oxygens (including phenoxy) is 1. The number of hydrogen-bond acceptors (Lipinski definition) is 9. The van der Waals surface area contributed by atoms with E-state index in [9.17, 15) is 24.0 Å². The number of nitrogens with zero attached hydrogens (tertiary/aromatic N) is 3. The van der Waals surface area contributed by atoms with Crippen molar-refractivity contribution in [2.45, 2.75) is 0 Å². The molecule has 0 aromatic rings. The first-order valence-electron chi connectivity index (χ1n) is 7.59. The molecule has 0 aromatic carbocycles. The highest BCUT2D eigenvalue weighted by Gasteiger charge is 2.16. The van der Waals surface area contributed by atoms with E-state index in [1.807, 2.05) is 0 Å². The number of aliphatic carboxylic acids is 3. The molecule has 0 aliphatic heterocycles. The van der Waals surface area contributed by atoms with Gasteiger partial charge in [0.15, 0.2) is 0 Å². The van der Waals surface area contributed by atoms with E-state index < -0.39 is 31.0 Å². The number of carbonyl (C=O) groups excluding carboxylic acids is 2. The zero-order valence-electron chi connectivity index (χ0n) is 14.2. The molecule has 0 bridgehead atoms. The van der Waals surface area contributed by atoms with Crippen molar-refractivity contribution < 1.29 is 44.0 Å². The third-order valence-corrected chi connectivity index (χ3v) is 3.20. The maximum atomic E-state index is 10.8. The Labute approximate surface area is 149 Å². The van der Waals surface area contributed by atoms with Crippen LogP contribution in [0.5, 0.6) is 0 Å². The first kappa shape index (κ1) is 23.4. The lowest BCUT2D eigenvalue weighted by atomic mass is 10.4. The molecule has 26 heavy (non-hydrogen) atoms. The summed E-state index contributed by atoms with van der Waals surface area (Å²) >= 11 is 0. The topological polar surface area (TPSA) is 165 Å². The van der Waals surface area contributed by atoms with Crippen LogP contribution in [0.2, 0.25) is 0 Å². The SMILES string of the molecule is O=CCN(CCN(CCN(CC(=O)O)CC(=O)O)COC=O)CC(=O)O. The average molecular weight is 377 g/mol. The van der Waals surface area contributed by atoms with Crippen LogP contribution >= 0.6 is 0 Å². The Morgan fingerprint density at radius 3 is 1.58 bits per heavy atom. The molecule has 0 rings (SSSR count). The van der Waals surface area contributed by atoms with E-state index in [1.54, 1.807) is 4.90 Å². The van der Waals surface area contributed by atoms with Crippen LogP contribution in [0.25, 0.3) is 0 Å². The highest BCUT2D eigenvalue weighted by Crippen LogP contribution is 1.96. The van der Waals surface area contributed by atoms with Crippen LogP contribution in [0.3, 0.4) is 0 Å². The van der Waals surface area contributed by atoms with E-state index in [4.69, 9.17) is 15.3 Å². The molecule has 0 unspecified atom stereocenters. The molecule has 148 valence electrons. The van der Waals surface area contributed by atoms with Gasteiger partial charge in [-0.25, -0.2) is 0 Å². The van der Waals surface area contributed by atoms with E-state index >= 15 is 0 Å². The monoisotopic (exact) mass is 377 g/mol. The number of hydrogen-bond donors (Lipinski definition) is 3. The summed E-state index contributed by atoms with van der Waals surface area (Å²) in [7, 11) is 0. The standard InChI is InChI=1S/C14H23N3O9/c18-6-5-15(7-12(20)21)1-2-16(10-26-11-19)3-4-17(8-13(22)23)9-14(24)25/h6,11H,1-5,7-10H2,(H,20,21)(H,22,23)(H,24,25). The Morgan fingerprint density at radius 2 is 1.15 bits per heavy atom. The lowest BCUT2D eigenvalue weighted by molar-refractivity contribution is -0.142. The van der Waals surface area contributed by atoms with Gasteiger partial charge in [0.2, 0.25) is 0 Å². The van der Waals surface area contributed by atoms with Crippen molar-refractivity contribution in [3.05, 3.63) is 0 Å². The van der Waals surface area contributed by atoms with E-state index in [0.29, 0.717) is 6.29 Å². The van der Waals surface area contributed by atoms with Gasteiger partial charge in [0.25, 0.3) is 6.47 Å². The predicted octanol–water partition coefficient (Wildman–Crippen LogP) is -2.52. The normalized spacial score (nSPS) is 10.9. The summed E-state index contributed by atoms with van der Waals surface area (Å²) in [4.78, 5) is 57.4. The van der Waals surface area contributed by atoms with Gasteiger partial charge in [0.1, 0.15) is 13.0 Å². The molecule has 3 N–H and O–H groups in total. The lowest BCUT2D eigenvalue weighted by Gasteiger charge is -2.27. The molecule has 0 spiro atoms. The molecule has 0 aromatic heterocycles. The van der Waals surface area contributed by atoms with Crippen molar-refractivity contribution in [3.8, 4) is 0 Å². The van der Waals surface area contributed by atoms with Crippen molar-refractivity contribution in [1.82, 2.24) is 14.7 Å². The Balaban J connectivity index is 4.70. The largest absolute Gasteiger partial charge is 0.480 e. The fraction of sp³-hybridized carbons (Fsp3) is 0.643. The first-order chi connectivity index (χ1) is 12.3. The van der Waals surface area contributed by atoms with Crippen LogP contribution in [0, 0.1) is 0 Å². The fourth-order valence-electron chi connectivity index (χ4n) is 2.07. The second-order valence-electron chi connectivity index (χ2n) is 5.30. The molecule has 0 aliphatic carbocycles. The molecule has 12 heteroatoms. The molecule has 0 fully saturated rings. The van der Waals surface area contributed by atoms with Crippen LogP contribution in [-0.2, 0) is 28.7 Å². The predicted molar refractivity (Wildman–Crippen MR) is 85.4 cm³/mol. The van der Waals surface area contributed by atoms with E-state index in [-0.39, 0.29) is 52.5 Å². The Bertz CT molecular complexity index is 470. The van der Waals surface area contributed by atoms with Gasteiger partial charge in [-0.1, -0.05) is 0 Å². The first-order valence-corrected chi connectivity index (χ1v) is 7.59. The highest BCUT2D eigenvalue weighted by molar-refractivity contribution is 5.72. The van der Waals surface area contributed by atoms with Crippen molar-refractivity contribution in [2.75, 3.05) is 59.1 Å². The second kappa shape index (κ2) is 13.7. The van der Waals surface area contributed by atoms with Crippen LogP contribution in [0.15, 0.2) is 0 Å². The van der Waals surface area contributed by atoms with E-state index in [2.05, 4.69) is 4.74 Å². The third-order valence-electron chi connectivity index (χ3n) is 3.20. The molecule has 0 atom stereocenters. The average Bonchev–Trinajstić information content (AvgIpc) is 2.52. The van der Waals surface area contributed by atoms with Gasteiger partial charge in [-0.15, -0.1) is 0 Å². The summed E-state index contributed by atoms with van der Waals surface area (Å²) < 4.78 is 4.65. The van der Waals surface area contributed by atoms with Gasteiger partial charge in [-0.2, -0.15) is 0 Å². The van der Waals surface area contributed by atoms with Crippen molar-refractivity contribution in [3.63, 3.8) is 0 Å². The van der Waals surface area contributed by atoms with Crippen LogP contribution < -0.4 is 0 Å². The minimum Gasteiger partial charge on any atom is -0.480 e. The minimum atomic E-state index is -1.18. The van der Waals surface area contributed by atoms with Crippen molar-refractivity contribution in [2.24, 2.45) is 0 Å². The molecule has 0 amide bonds. The van der Waals surface area contributed by atoms with E-state index in [0.717, 1.165) is 0 Å². The summed E-state index contributed by atoms with van der Waals surface area (Å²) in [5.74, 6) is -3.46. The molecule has 12 nitrogen and oxygen atoms in total. The second-order valence-corrected chi connectivity index (χ2v) is 5.30. The van der Waals surface area contributed by atoms with E-state index in [1.165, 1.54) is 9.80 Å². The number of carboxylic acid groups (broad SMARTS) is 3. The zero-order valence-corrected chi connectivity index (χ0v) is 14.2. The van der Waals surface area contributed by atoms with Crippen LogP contribution in [-0.4, -0.2) is 120 Å². The highest BCUT2D eigenvalue weighted by atomic mass is 16.5. The minimum absolute atomic E-state index is 0.0768. The number of carboxylic acids is 3. The van der Waals surface area contributed by atoms with Crippen LogP contribution in [0.1, 0.15) is 0 Å². The number of carbonyl (C=O) groups is 5. The maximum Gasteiger partial charge on any atom is 0.317 e. The number of rotatable bonds is 17. The summed E-state index contributed by atoms with van der Waals surface area (Å²) in [6, 6.07) is 0.